The van der Waals surface area contributed by atoms with Gasteiger partial charge in [0.25, 0.3) is 17.3 Å². The summed E-state index contributed by atoms with van der Waals surface area (Å²) < 4.78 is 1.73. The Hall–Kier alpha value is -3.34. The van der Waals surface area contributed by atoms with Crippen LogP contribution in [0.3, 0.4) is 0 Å². The minimum atomic E-state index is -0.740. The van der Waals surface area contributed by atoms with Crippen LogP contribution < -0.4 is 0 Å². The zero-order valence-corrected chi connectivity index (χ0v) is 14.6. The lowest BCUT2D eigenvalue weighted by molar-refractivity contribution is -0.394. The van der Waals surface area contributed by atoms with Gasteiger partial charge < -0.3 is 4.90 Å². The number of nitro benzene ring substituents is 2. The maximum atomic E-state index is 12.7. The van der Waals surface area contributed by atoms with Gasteiger partial charge in [-0.05, 0) is 0 Å². The molecule has 1 aromatic carbocycles. The van der Waals surface area contributed by atoms with Crippen LogP contribution in [-0.4, -0.2) is 61.5 Å². The summed E-state index contributed by atoms with van der Waals surface area (Å²) in [5.41, 5.74) is 0.0914. The number of aryl methyl sites for hydroxylation is 1. The zero-order valence-electron chi connectivity index (χ0n) is 14.6. The van der Waals surface area contributed by atoms with E-state index < -0.39 is 27.1 Å². The molecule has 1 amide bonds. The molecule has 142 valence electrons. The van der Waals surface area contributed by atoms with Crippen LogP contribution in [0.5, 0.6) is 0 Å². The molecule has 0 aliphatic carbocycles. The molecule has 0 radical (unpaired) electrons. The summed E-state index contributed by atoms with van der Waals surface area (Å²) in [5, 5.41) is 26.1. The van der Waals surface area contributed by atoms with Crippen molar-refractivity contribution >= 4 is 17.3 Å². The van der Waals surface area contributed by atoms with Crippen LogP contribution in [0, 0.1) is 20.2 Å². The van der Waals surface area contributed by atoms with E-state index in [4.69, 9.17) is 0 Å². The number of carbonyl (C=O) groups is 1. The third kappa shape index (κ3) is 4.26. The maximum absolute atomic E-state index is 12.7. The highest BCUT2D eigenvalue weighted by molar-refractivity contribution is 5.95. The van der Waals surface area contributed by atoms with Crippen LogP contribution in [0.15, 0.2) is 30.6 Å². The largest absolute Gasteiger partial charge is 0.336 e. The number of piperazine rings is 1. The van der Waals surface area contributed by atoms with Gasteiger partial charge >= 0.3 is 0 Å². The van der Waals surface area contributed by atoms with Crippen molar-refractivity contribution in [3.63, 3.8) is 0 Å². The fourth-order valence-corrected chi connectivity index (χ4v) is 3.03. The Morgan fingerprint density at radius 2 is 1.67 bits per heavy atom. The van der Waals surface area contributed by atoms with Crippen molar-refractivity contribution in [1.29, 1.82) is 0 Å². The van der Waals surface area contributed by atoms with Crippen molar-refractivity contribution in [3.8, 4) is 0 Å². The number of hydrogen-bond donors (Lipinski definition) is 0. The fraction of sp³-hybridized carbons (Fsp3) is 0.375. The molecule has 3 rings (SSSR count). The van der Waals surface area contributed by atoms with E-state index in [1.54, 1.807) is 15.8 Å². The fourth-order valence-electron chi connectivity index (χ4n) is 3.03. The molecule has 0 N–H and O–H groups in total. The van der Waals surface area contributed by atoms with E-state index in [1.807, 2.05) is 13.2 Å². The van der Waals surface area contributed by atoms with Gasteiger partial charge in [-0.2, -0.15) is 5.10 Å². The van der Waals surface area contributed by atoms with Crippen LogP contribution in [0.4, 0.5) is 11.4 Å². The lowest BCUT2D eigenvalue weighted by Crippen LogP contribution is -2.48. The van der Waals surface area contributed by atoms with Gasteiger partial charge in [-0.1, -0.05) is 0 Å². The van der Waals surface area contributed by atoms with Gasteiger partial charge in [-0.15, -0.1) is 0 Å². The normalized spacial score (nSPS) is 14.9. The molecule has 1 aliphatic rings. The first-order chi connectivity index (χ1) is 12.8. The number of nitro groups is 2. The van der Waals surface area contributed by atoms with E-state index in [0.29, 0.717) is 26.2 Å². The number of non-ortho nitro benzene ring substituents is 2. The van der Waals surface area contributed by atoms with Crippen molar-refractivity contribution in [2.45, 2.75) is 6.54 Å². The summed E-state index contributed by atoms with van der Waals surface area (Å²) in [4.78, 5) is 36.9. The highest BCUT2D eigenvalue weighted by Crippen LogP contribution is 2.24. The molecule has 2 heterocycles. The molecule has 1 saturated heterocycles. The van der Waals surface area contributed by atoms with E-state index in [-0.39, 0.29) is 5.56 Å². The topological polar surface area (TPSA) is 128 Å². The van der Waals surface area contributed by atoms with Crippen LogP contribution in [0.25, 0.3) is 0 Å². The van der Waals surface area contributed by atoms with Crippen molar-refractivity contribution < 1.29 is 14.6 Å². The Balaban J connectivity index is 1.68. The molecular weight excluding hydrogens is 356 g/mol. The number of amides is 1. The molecule has 0 atom stereocenters. The second-order valence-electron chi connectivity index (χ2n) is 6.34. The van der Waals surface area contributed by atoms with Gasteiger partial charge in [0.05, 0.1) is 27.7 Å². The Morgan fingerprint density at radius 1 is 1.07 bits per heavy atom. The molecule has 0 unspecified atom stereocenters. The molecule has 0 saturated carbocycles. The highest BCUT2D eigenvalue weighted by atomic mass is 16.6. The van der Waals surface area contributed by atoms with Crippen molar-refractivity contribution in [2.75, 3.05) is 26.2 Å². The Morgan fingerprint density at radius 3 is 2.15 bits per heavy atom. The lowest BCUT2D eigenvalue weighted by Gasteiger charge is -2.34. The van der Waals surface area contributed by atoms with Crippen LogP contribution >= 0.6 is 0 Å². The predicted octanol–water partition coefficient (Wildman–Crippen LogP) is 1.19. The average molecular weight is 374 g/mol. The van der Waals surface area contributed by atoms with Crippen molar-refractivity contribution in [1.82, 2.24) is 19.6 Å². The molecule has 0 spiro atoms. The molecule has 1 aromatic heterocycles. The summed E-state index contributed by atoms with van der Waals surface area (Å²) in [6.07, 6.45) is 3.72. The summed E-state index contributed by atoms with van der Waals surface area (Å²) >= 11 is 0. The van der Waals surface area contributed by atoms with Gasteiger partial charge in [-0.3, -0.25) is 34.6 Å². The molecule has 1 aliphatic heterocycles. The van der Waals surface area contributed by atoms with E-state index in [9.17, 15) is 25.0 Å². The molecule has 11 nitrogen and oxygen atoms in total. The molecule has 1 fully saturated rings. The van der Waals surface area contributed by atoms with Crippen molar-refractivity contribution in [3.05, 3.63) is 61.9 Å². The number of rotatable bonds is 5. The second-order valence-corrected chi connectivity index (χ2v) is 6.34. The lowest BCUT2D eigenvalue weighted by atomic mass is 10.1. The van der Waals surface area contributed by atoms with Gasteiger partial charge in [0.15, 0.2) is 0 Å². The van der Waals surface area contributed by atoms with E-state index in [0.717, 1.165) is 30.3 Å². The molecule has 2 aromatic rings. The van der Waals surface area contributed by atoms with Gasteiger partial charge in [0.2, 0.25) is 0 Å². The molecular formula is C16H18N6O5. The van der Waals surface area contributed by atoms with Crippen LogP contribution in [0.2, 0.25) is 0 Å². The third-order valence-corrected chi connectivity index (χ3v) is 4.40. The number of hydrogen-bond acceptors (Lipinski definition) is 7. The highest BCUT2D eigenvalue weighted by Gasteiger charge is 2.26. The van der Waals surface area contributed by atoms with E-state index in [2.05, 4.69) is 10.00 Å². The average Bonchev–Trinajstić information content (AvgIpc) is 3.06. The van der Waals surface area contributed by atoms with Gasteiger partial charge in [-0.25, -0.2) is 0 Å². The first kappa shape index (κ1) is 18.5. The summed E-state index contributed by atoms with van der Waals surface area (Å²) in [5.74, 6) is -0.442. The SMILES string of the molecule is Cn1cc(CN2CCN(C(=O)c3cc([N+](=O)[O-])cc([N+](=O)[O-])c3)CC2)cn1. The number of benzene rings is 1. The van der Waals surface area contributed by atoms with Crippen LogP contribution in [0.1, 0.15) is 15.9 Å². The zero-order chi connectivity index (χ0) is 19.6. The third-order valence-electron chi connectivity index (χ3n) is 4.40. The van der Waals surface area contributed by atoms with Crippen LogP contribution in [-0.2, 0) is 13.6 Å². The van der Waals surface area contributed by atoms with Crippen molar-refractivity contribution in [2.24, 2.45) is 7.05 Å². The number of aromatic nitrogens is 2. The van der Waals surface area contributed by atoms with E-state index >= 15 is 0 Å². The quantitative estimate of drug-likeness (QED) is 0.568. The number of nitrogens with zero attached hydrogens (tertiary/aromatic N) is 6. The standard InChI is InChI=1S/C16H18N6O5/c1-18-10-12(9-17-18)11-19-2-4-20(5-3-19)16(23)13-6-14(21(24)25)8-15(7-13)22(26)27/h6-10H,2-5,11H2,1H3. The molecule has 0 bridgehead atoms. The minimum Gasteiger partial charge on any atom is -0.336 e. The monoisotopic (exact) mass is 374 g/mol. The first-order valence-corrected chi connectivity index (χ1v) is 8.26. The Bertz CT molecular complexity index is 855. The first-order valence-electron chi connectivity index (χ1n) is 8.26. The van der Waals surface area contributed by atoms with Gasteiger partial charge in [0.1, 0.15) is 0 Å². The Labute approximate surface area is 154 Å². The molecule has 27 heavy (non-hydrogen) atoms. The molecule has 11 heteroatoms. The maximum Gasteiger partial charge on any atom is 0.277 e. The summed E-state index contributed by atoms with van der Waals surface area (Å²) in [6, 6.07) is 3.01. The second kappa shape index (κ2) is 7.50. The minimum absolute atomic E-state index is 0.0448. The smallest absolute Gasteiger partial charge is 0.277 e. The number of carbonyl (C=O) groups excluding carboxylic acids is 1. The van der Waals surface area contributed by atoms with E-state index in [1.165, 1.54) is 0 Å². The van der Waals surface area contributed by atoms with Gasteiger partial charge in [0, 0.05) is 63.7 Å². The predicted molar refractivity (Wildman–Crippen MR) is 94.1 cm³/mol. The summed E-state index contributed by atoms with van der Waals surface area (Å²) in [7, 11) is 1.85. The summed E-state index contributed by atoms with van der Waals surface area (Å²) in [6.45, 7) is 2.87. The Kier molecular flexibility index (Phi) is 5.12.